The van der Waals surface area contributed by atoms with E-state index in [1.165, 1.54) is 0 Å². The topological polar surface area (TPSA) is 80.3 Å². The summed E-state index contributed by atoms with van der Waals surface area (Å²) in [5.41, 5.74) is 0. The zero-order valence-corrected chi connectivity index (χ0v) is 8.03. The molecule has 75 valence electrons. The quantitative estimate of drug-likeness (QED) is 0.260. The molecule has 0 heterocycles. The molecule has 0 N–H and O–H groups in total. The minimum absolute atomic E-state index is 0. The van der Waals surface area contributed by atoms with Gasteiger partial charge in [-0.3, -0.25) is 9.59 Å². The number of rotatable bonds is 3. The van der Waals surface area contributed by atoms with Crippen LogP contribution in [0.25, 0.3) is 0 Å². The summed E-state index contributed by atoms with van der Waals surface area (Å²) in [5.74, 6) is -2.94. The van der Waals surface area contributed by atoms with Gasteiger partial charge in [0, 0.05) is 0 Å². The van der Waals surface area contributed by atoms with E-state index in [-0.39, 0.29) is 17.1 Å². The molecule has 1 radical (unpaired) electrons. The minimum atomic E-state index is -0.960. The summed E-state index contributed by atoms with van der Waals surface area (Å²) in [6.07, 6.45) is 1.31. The van der Waals surface area contributed by atoms with Gasteiger partial charge in [0.2, 0.25) is 0 Å². The molecule has 0 fully saturated rings. The standard InChI is InChI=1S/C8H10O4.Cu/c1-5(9)3-7(11)8(12)4-6(2)10;/h3-4,11-12H,1-2H3;/q;+2/p-2/b7-3-,8-4-;. The van der Waals surface area contributed by atoms with Crippen molar-refractivity contribution in [3.63, 3.8) is 0 Å². The first kappa shape index (κ1) is 14.5. The average molecular weight is 232 g/mol. The van der Waals surface area contributed by atoms with Crippen molar-refractivity contribution in [1.29, 1.82) is 0 Å². The fourth-order valence-corrected chi connectivity index (χ4v) is 0.511. The van der Waals surface area contributed by atoms with Gasteiger partial charge in [-0.1, -0.05) is 0 Å². The second-order valence-corrected chi connectivity index (χ2v) is 2.24. The maximum Gasteiger partial charge on any atom is 2.00 e. The molecule has 0 bridgehead atoms. The maximum atomic E-state index is 10.7. The largest absolute Gasteiger partial charge is 2.00 e. The van der Waals surface area contributed by atoms with Crippen LogP contribution in [0.4, 0.5) is 0 Å². The zero-order chi connectivity index (χ0) is 9.72. The Kier molecular flexibility index (Phi) is 7.18. The number of ketones is 2. The third-order valence-corrected chi connectivity index (χ3v) is 0.912. The number of hydrogen-bond donors (Lipinski definition) is 0. The Morgan fingerprint density at radius 1 is 0.923 bits per heavy atom. The molecule has 0 rings (SSSR count). The number of carbonyl (C=O) groups is 2. The van der Waals surface area contributed by atoms with E-state index in [1.54, 1.807) is 0 Å². The third-order valence-electron chi connectivity index (χ3n) is 0.912. The van der Waals surface area contributed by atoms with Crippen LogP contribution in [0.3, 0.4) is 0 Å². The normalized spacial score (nSPS) is 11.8. The van der Waals surface area contributed by atoms with Crippen LogP contribution in [0.2, 0.25) is 0 Å². The van der Waals surface area contributed by atoms with Crippen LogP contribution in [0.5, 0.6) is 0 Å². The molecule has 5 heteroatoms. The van der Waals surface area contributed by atoms with Gasteiger partial charge in [-0.2, -0.15) is 0 Å². The van der Waals surface area contributed by atoms with Crippen molar-refractivity contribution in [2.24, 2.45) is 0 Å². The van der Waals surface area contributed by atoms with E-state index in [9.17, 15) is 19.8 Å². The molecule has 0 aromatic carbocycles. The third kappa shape index (κ3) is 7.31. The van der Waals surface area contributed by atoms with Crippen LogP contribution in [0.15, 0.2) is 23.7 Å². The van der Waals surface area contributed by atoms with Crippen molar-refractivity contribution in [3.05, 3.63) is 23.7 Å². The minimum Gasteiger partial charge on any atom is -0.873 e. The molecule has 13 heavy (non-hydrogen) atoms. The molecular formula is C8H8CuO4. The molecule has 0 atom stereocenters. The molecule has 0 saturated carbocycles. The first-order chi connectivity index (χ1) is 5.43. The number of allylic oxidation sites excluding steroid dienone is 2. The average Bonchev–Trinajstić information content (AvgIpc) is 1.84. The van der Waals surface area contributed by atoms with Crippen molar-refractivity contribution in [3.8, 4) is 0 Å². The fraction of sp³-hybridized carbons (Fsp3) is 0.250. The summed E-state index contributed by atoms with van der Waals surface area (Å²) in [4.78, 5) is 20.6. The van der Waals surface area contributed by atoms with Crippen LogP contribution in [0.1, 0.15) is 13.8 Å². The van der Waals surface area contributed by atoms with Crippen molar-refractivity contribution in [2.75, 3.05) is 0 Å². The first-order valence-corrected chi connectivity index (χ1v) is 3.22. The van der Waals surface area contributed by atoms with Gasteiger partial charge < -0.3 is 10.2 Å². The summed E-state index contributed by atoms with van der Waals surface area (Å²) in [7, 11) is 0. The molecule has 4 nitrogen and oxygen atoms in total. The molecule has 0 amide bonds. The zero-order valence-electron chi connectivity index (χ0n) is 7.09. The van der Waals surface area contributed by atoms with E-state index >= 15 is 0 Å². The first-order valence-electron chi connectivity index (χ1n) is 3.22. The Labute approximate surface area is 86.4 Å². The van der Waals surface area contributed by atoms with Crippen LogP contribution < -0.4 is 10.2 Å². The van der Waals surface area contributed by atoms with E-state index in [0.29, 0.717) is 12.2 Å². The summed E-state index contributed by atoms with van der Waals surface area (Å²) in [6, 6.07) is 0. The van der Waals surface area contributed by atoms with Gasteiger partial charge in [0.05, 0.1) is 0 Å². The second kappa shape index (κ2) is 6.45. The Balaban J connectivity index is 0. The predicted octanol–water partition coefficient (Wildman–Crippen LogP) is -1.35. The smallest absolute Gasteiger partial charge is 0.873 e. The SMILES string of the molecule is CC(=O)/C=C([O-])/C([O-])=C/C(C)=O.[Cu+2]. The van der Waals surface area contributed by atoms with Crippen molar-refractivity contribution < 1.29 is 36.9 Å². The van der Waals surface area contributed by atoms with Crippen LogP contribution in [0, 0.1) is 0 Å². The van der Waals surface area contributed by atoms with Gasteiger partial charge >= 0.3 is 17.1 Å². The Bertz CT molecular complexity index is 237. The summed E-state index contributed by atoms with van der Waals surface area (Å²) >= 11 is 0. The molecule has 0 spiro atoms. The maximum absolute atomic E-state index is 10.7. The monoisotopic (exact) mass is 231 g/mol. The van der Waals surface area contributed by atoms with Gasteiger partial charge in [-0.05, 0) is 26.0 Å². The van der Waals surface area contributed by atoms with E-state index in [4.69, 9.17) is 0 Å². The molecule has 0 unspecified atom stereocenters. The van der Waals surface area contributed by atoms with Crippen molar-refractivity contribution in [1.82, 2.24) is 0 Å². The Hall–Kier alpha value is -1.06. The molecule has 0 saturated heterocycles. The molecule has 0 aliphatic rings. The van der Waals surface area contributed by atoms with Gasteiger partial charge in [0.15, 0.2) is 11.6 Å². The summed E-state index contributed by atoms with van der Waals surface area (Å²) < 4.78 is 0. The van der Waals surface area contributed by atoms with Crippen molar-refractivity contribution in [2.45, 2.75) is 13.8 Å². The van der Waals surface area contributed by atoms with E-state index in [0.717, 1.165) is 13.8 Å². The second-order valence-electron chi connectivity index (χ2n) is 2.24. The van der Waals surface area contributed by atoms with Crippen LogP contribution in [-0.4, -0.2) is 11.6 Å². The molecular weight excluding hydrogens is 224 g/mol. The van der Waals surface area contributed by atoms with Gasteiger partial charge in [-0.15, -0.1) is 11.5 Å². The van der Waals surface area contributed by atoms with Gasteiger partial charge in [-0.25, -0.2) is 0 Å². The summed E-state index contributed by atoms with van der Waals surface area (Å²) in [5, 5.41) is 21.4. The number of hydrogen-bond acceptors (Lipinski definition) is 4. The molecule has 0 aromatic heterocycles. The van der Waals surface area contributed by atoms with Gasteiger partial charge in [0.25, 0.3) is 0 Å². The predicted molar refractivity (Wildman–Crippen MR) is 37.5 cm³/mol. The Morgan fingerprint density at radius 2 is 1.15 bits per heavy atom. The molecule has 0 aliphatic heterocycles. The van der Waals surface area contributed by atoms with E-state index < -0.39 is 23.1 Å². The molecule has 0 aromatic rings. The van der Waals surface area contributed by atoms with Crippen molar-refractivity contribution >= 4 is 11.6 Å². The fourth-order valence-electron chi connectivity index (χ4n) is 0.511. The van der Waals surface area contributed by atoms with Gasteiger partial charge in [0.1, 0.15) is 0 Å². The molecule has 0 aliphatic carbocycles. The Morgan fingerprint density at radius 3 is 1.31 bits per heavy atom. The van der Waals surface area contributed by atoms with Crippen LogP contribution >= 0.6 is 0 Å². The van der Waals surface area contributed by atoms with Crippen LogP contribution in [-0.2, 0) is 26.7 Å². The summed E-state index contributed by atoms with van der Waals surface area (Å²) in [6.45, 7) is 2.30. The van der Waals surface area contributed by atoms with E-state index in [1.807, 2.05) is 0 Å². The van der Waals surface area contributed by atoms with E-state index in [2.05, 4.69) is 0 Å². The number of carbonyl (C=O) groups excluding carboxylic acids is 2.